The number of carbonyl (C=O) groups is 3. The summed E-state index contributed by atoms with van der Waals surface area (Å²) in [6.45, 7) is 4.20. The number of hydrogen-bond acceptors (Lipinski definition) is 3. The molecule has 5 rings (SSSR count). The highest BCUT2D eigenvalue weighted by Crippen LogP contribution is 2.60. The third-order valence-electron chi connectivity index (χ3n) is 7.05. The lowest BCUT2D eigenvalue weighted by Crippen LogP contribution is -2.54. The zero-order valence-electron chi connectivity index (χ0n) is 18.5. The number of benzene rings is 1. The summed E-state index contributed by atoms with van der Waals surface area (Å²) in [5.74, 6) is 2.02. The average Bonchev–Trinajstić information content (AvgIpc) is 2.70. The van der Waals surface area contributed by atoms with Crippen LogP contribution >= 0.6 is 0 Å². The highest BCUT2D eigenvalue weighted by molar-refractivity contribution is 5.89. The molecule has 4 N–H and O–H groups in total. The van der Waals surface area contributed by atoms with Gasteiger partial charge in [0, 0.05) is 23.7 Å². The number of anilines is 1. The molecule has 0 unspecified atom stereocenters. The van der Waals surface area contributed by atoms with Gasteiger partial charge < -0.3 is 21.3 Å². The molecule has 4 fully saturated rings. The van der Waals surface area contributed by atoms with E-state index in [1.807, 2.05) is 26.0 Å². The Morgan fingerprint density at radius 3 is 2.06 bits per heavy atom. The van der Waals surface area contributed by atoms with Crippen molar-refractivity contribution in [2.75, 3.05) is 11.9 Å². The maximum Gasteiger partial charge on any atom is 0.319 e. The first kappa shape index (κ1) is 21.7. The van der Waals surface area contributed by atoms with Crippen LogP contribution in [0, 0.1) is 23.2 Å². The smallest absolute Gasteiger partial charge is 0.319 e. The molecule has 4 saturated carbocycles. The lowest BCUT2D eigenvalue weighted by Gasteiger charge is -2.55. The van der Waals surface area contributed by atoms with Crippen molar-refractivity contribution < 1.29 is 14.4 Å². The van der Waals surface area contributed by atoms with Gasteiger partial charge in [0.05, 0.1) is 6.54 Å². The summed E-state index contributed by atoms with van der Waals surface area (Å²) in [7, 11) is 0. The van der Waals surface area contributed by atoms with Crippen molar-refractivity contribution in [1.82, 2.24) is 16.0 Å². The van der Waals surface area contributed by atoms with E-state index >= 15 is 0 Å². The Bertz CT molecular complexity index is 798. The van der Waals surface area contributed by atoms with Gasteiger partial charge in [0.15, 0.2) is 0 Å². The summed E-state index contributed by atoms with van der Waals surface area (Å²) < 4.78 is 0. The molecule has 0 aliphatic heterocycles. The fraction of sp³-hybridized carbons (Fsp3) is 0.625. The van der Waals surface area contributed by atoms with Crippen molar-refractivity contribution in [3.63, 3.8) is 0 Å². The normalized spacial score (nSPS) is 28.3. The minimum Gasteiger partial charge on any atom is -0.350 e. The van der Waals surface area contributed by atoms with Crippen molar-refractivity contribution in [3.05, 3.63) is 29.8 Å². The largest absolute Gasteiger partial charge is 0.350 e. The molecule has 1 aromatic rings. The van der Waals surface area contributed by atoms with Crippen LogP contribution in [0.5, 0.6) is 0 Å². The number of urea groups is 1. The Kier molecular flexibility index (Phi) is 6.21. The maximum atomic E-state index is 12.9. The molecule has 0 saturated heterocycles. The molecular weight excluding hydrogens is 392 g/mol. The Balaban J connectivity index is 1.20. The van der Waals surface area contributed by atoms with Crippen LogP contribution < -0.4 is 21.3 Å². The quantitative estimate of drug-likeness (QED) is 0.539. The molecule has 0 radical (unpaired) electrons. The van der Waals surface area contributed by atoms with Crippen molar-refractivity contribution in [2.24, 2.45) is 23.2 Å². The minimum atomic E-state index is -0.245. The van der Waals surface area contributed by atoms with Crippen LogP contribution in [0.25, 0.3) is 0 Å². The molecule has 0 atom stereocenters. The summed E-state index contributed by atoms with van der Waals surface area (Å²) in [4.78, 5) is 36.9. The molecule has 1 aromatic carbocycles. The highest BCUT2D eigenvalue weighted by Gasteiger charge is 2.54. The molecule has 4 aliphatic carbocycles. The van der Waals surface area contributed by atoms with Crippen LogP contribution in [0.4, 0.5) is 10.5 Å². The first-order valence-electron chi connectivity index (χ1n) is 11.5. The van der Waals surface area contributed by atoms with Crippen molar-refractivity contribution in [2.45, 2.75) is 65.0 Å². The molecule has 4 bridgehead atoms. The first-order chi connectivity index (χ1) is 14.8. The maximum absolute atomic E-state index is 12.9. The number of carbonyl (C=O) groups excluding carboxylic acids is 3. The van der Waals surface area contributed by atoms with Crippen LogP contribution in [-0.2, 0) is 16.1 Å². The predicted molar refractivity (Wildman–Crippen MR) is 119 cm³/mol. The van der Waals surface area contributed by atoms with Gasteiger partial charge in [0.1, 0.15) is 0 Å². The second-order valence-electron chi connectivity index (χ2n) is 10.1. The Labute approximate surface area is 184 Å². The van der Waals surface area contributed by atoms with Gasteiger partial charge in [-0.3, -0.25) is 9.59 Å². The number of amides is 4. The van der Waals surface area contributed by atoms with E-state index in [-0.39, 0.29) is 35.8 Å². The van der Waals surface area contributed by atoms with Crippen LogP contribution in [-0.4, -0.2) is 30.4 Å². The Morgan fingerprint density at radius 2 is 1.52 bits per heavy atom. The highest BCUT2D eigenvalue weighted by atomic mass is 16.2. The van der Waals surface area contributed by atoms with Gasteiger partial charge in [0.2, 0.25) is 11.8 Å². The van der Waals surface area contributed by atoms with E-state index in [0.717, 1.165) is 24.8 Å². The monoisotopic (exact) mass is 426 g/mol. The average molecular weight is 427 g/mol. The molecule has 0 aromatic heterocycles. The molecule has 0 heterocycles. The van der Waals surface area contributed by atoms with Crippen LogP contribution in [0.3, 0.4) is 0 Å². The lowest BCUT2D eigenvalue weighted by molar-refractivity contribution is -0.147. The molecule has 4 aliphatic rings. The second-order valence-corrected chi connectivity index (χ2v) is 10.1. The van der Waals surface area contributed by atoms with E-state index in [2.05, 4.69) is 21.3 Å². The number of hydrogen-bond donors (Lipinski definition) is 4. The fourth-order valence-corrected chi connectivity index (χ4v) is 6.14. The van der Waals surface area contributed by atoms with E-state index in [4.69, 9.17) is 0 Å². The molecule has 168 valence electrons. The zero-order valence-corrected chi connectivity index (χ0v) is 18.5. The summed E-state index contributed by atoms with van der Waals surface area (Å²) in [5, 5.41) is 11.3. The number of rotatable bonds is 7. The summed E-state index contributed by atoms with van der Waals surface area (Å²) >= 11 is 0. The van der Waals surface area contributed by atoms with Crippen molar-refractivity contribution in [3.8, 4) is 0 Å². The van der Waals surface area contributed by atoms with E-state index in [1.165, 1.54) is 19.3 Å². The van der Waals surface area contributed by atoms with Gasteiger partial charge in [-0.15, -0.1) is 0 Å². The molecule has 7 nitrogen and oxygen atoms in total. The van der Waals surface area contributed by atoms with Gasteiger partial charge >= 0.3 is 6.03 Å². The van der Waals surface area contributed by atoms with E-state index in [1.54, 1.807) is 12.1 Å². The second kappa shape index (κ2) is 8.89. The predicted octanol–water partition coefficient (Wildman–Crippen LogP) is 3.17. The third kappa shape index (κ3) is 5.20. The fourth-order valence-electron chi connectivity index (χ4n) is 6.14. The lowest BCUT2D eigenvalue weighted by atomic mass is 9.49. The van der Waals surface area contributed by atoms with Crippen molar-refractivity contribution >= 4 is 23.5 Å². The minimum absolute atomic E-state index is 0.0234. The van der Waals surface area contributed by atoms with E-state index in [0.29, 0.717) is 30.0 Å². The summed E-state index contributed by atoms with van der Waals surface area (Å²) in [6, 6.07) is 7.15. The molecule has 0 spiro atoms. The summed E-state index contributed by atoms with van der Waals surface area (Å²) in [5.41, 5.74) is 1.39. The van der Waals surface area contributed by atoms with Gasteiger partial charge in [-0.05, 0) is 87.8 Å². The van der Waals surface area contributed by atoms with E-state index in [9.17, 15) is 14.4 Å². The van der Waals surface area contributed by atoms with Gasteiger partial charge in [0.25, 0.3) is 0 Å². The topological polar surface area (TPSA) is 99.3 Å². The van der Waals surface area contributed by atoms with Gasteiger partial charge in [-0.2, -0.15) is 0 Å². The van der Waals surface area contributed by atoms with Gasteiger partial charge in [-0.25, -0.2) is 4.79 Å². The summed E-state index contributed by atoms with van der Waals surface area (Å²) in [6.07, 6.45) is 6.89. The van der Waals surface area contributed by atoms with Crippen LogP contribution in [0.15, 0.2) is 24.3 Å². The molecular formula is C24H34N4O3. The first-order valence-corrected chi connectivity index (χ1v) is 11.5. The zero-order chi connectivity index (χ0) is 22.0. The van der Waals surface area contributed by atoms with Crippen LogP contribution in [0.2, 0.25) is 0 Å². The SMILES string of the molecule is CC(C)NC(=O)Nc1ccc(CNC(=O)CNC(=O)C23CC4CC(CC(C4)C2)C3)cc1. The van der Waals surface area contributed by atoms with E-state index < -0.39 is 0 Å². The Hall–Kier alpha value is -2.57. The third-order valence-corrected chi connectivity index (χ3v) is 7.05. The molecule has 7 heteroatoms. The molecule has 4 amide bonds. The number of nitrogens with one attached hydrogen (secondary N) is 4. The standard InChI is InChI=1S/C24H34N4O3/c1-15(2)27-23(31)28-20-5-3-16(4-6-20)13-25-21(29)14-26-22(30)24-10-17-7-18(11-24)9-19(8-17)12-24/h3-6,15,17-19H,7-14H2,1-2H3,(H,25,29)(H,26,30)(H2,27,28,31). The van der Waals surface area contributed by atoms with Gasteiger partial charge in [-0.1, -0.05) is 12.1 Å². The molecule has 31 heavy (non-hydrogen) atoms. The van der Waals surface area contributed by atoms with Crippen LogP contribution in [0.1, 0.15) is 57.9 Å². The van der Waals surface area contributed by atoms with Crippen molar-refractivity contribution in [1.29, 1.82) is 0 Å². The Morgan fingerprint density at radius 1 is 0.935 bits per heavy atom.